The lowest BCUT2D eigenvalue weighted by Gasteiger charge is -2.35. The zero-order valence-electron chi connectivity index (χ0n) is 10.0. The van der Waals surface area contributed by atoms with Crippen molar-refractivity contribution in [2.24, 2.45) is 0 Å². The van der Waals surface area contributed by atoms with E-state index in [1.807, 2.05) is 0 Å². The molecule has 0 saturated carbocycles. The van der Waals surface area contributed by atoms with E-state index < -0.39 is 0 Å². The maximum absolute atomic E-state index is 12.1. The molecule has 2 aliphatic heterocycles. The average molecular weight is 274 g/mol. The summed E-state index contributed by atoms with van der Waals surface area (Å²) in [5, 5.41) is 2.66. The van der Waals surface area contributed by atoms with Crippen molar-refractivity contribution in [2.75, 3.05) is 32.1 Å². The van der Waals surface area contributed by atoms with E-state index in [9.17, 15) is 14.4 Å². The van der Waals surface area contributed by atoms with Crippen molar-refractivity contribution in [3.05, 3.63) is 0 Å². The highest BCUT2D eigenvalue weighted by atomic mass is 35.5. The highest BCUT2D eigenvalue weighted by molar-refractivity contribution is 6.27. The monoisotopic (exact) mass is 273 g/mol. The predicted molar refractivity (Wildman–Crippen MR) is 65.0 cm³/mol. The van der Waals surface area contributed by atoms with Crippen molar-refractivity contribution in [3.63, 3.8) is 0 Å². The van der Waals surface area contributed by atoms with Crippen LogP contribution in [0.4, 0.5) is 0 Å². The Morgan fingerprint density at radius 3 is 2.33 bits per heavy atom. The second kappa shape index (κ2) is 5.56. The smallest absolute Gasteiger partial charge is 0.245 e. The molecule has 1 N–H and O–H groups in total. The Bertz CT molecular complexity index is 367. The molecule has 2 rings (SSSR count). The molecule has 2 saturated heterocycles. The largest absolute Gasteiger partial charge is 0.344 e. The van der Waals surface area contributed by atoms with Gasteiger partial charge in [0.05, 0.1) is 0 Å². The molecule has 1 atom stereocenters. The highest BCUT2D eigenvalue weighted by Gasteiger charge is 2.32. The SMILES string of the molecule is O=C1CCC(C(=O)N2CCN(C(=O)CCl)CC2)N1. The molecular formula is C11H16ClN3O3. The minimum absolute atomic E-state index is 0.0212. The summed E-state index contributed by atoms with van der Waals surface area (Å²) in [6, 6.07) is -0.382. The van der Waals surface area contributed by atoms with Gasteiger partial charge in [0.25, 0.3) is 0 Å². The number of hydrogen-bond donors (Lipinski definition) is 1. The summed E-state index contributed by atoms with van der Waals surface area (Å²) < 4.78 is 0. The van der Waals surface area contributed by atoms with Gasteiger partial charge in [-0.1, -0.05) is 0 Å². The third-order valence-corrected chi connectivity index (χ3v) is 3.58. The molecule has 2 aliphatic rings. The molecule has 0 spiro atoms. The molecule has 0 aromatic rings. The van der Waals surface area contributed by atoms with Crippen molar-refractivity contribution < 1.29 is 14.4 Å². The van der Waals surface area contributed by atoms with Gasteiger partial charge in [0, 0.05) is 32.6 Å². The van der Waals surface area contributed by atoms with E-state index in [1.165, 1.54) is 0 Å². The molecule has 0 radical (unpaired) electrons. The Hall–Kier alpha value is -1.30. The lowest BCUT2D eigenvalue weighted by molar-refractivity contribution is -0.139. The summed E-state index contributed by atoms with van der Waals surface area (Å²) in [5.41, 5.74) is 0. The molecule has 1 unspecified atom stereocenters. The van der Waals surface area contributed by atoms with Crippen LogP contribution in [0.1, 0.15) is 12.8 Å². The fourth-order valence-corrected chi connectivity index (χ4v) is 2.45. The second-order valence-corrected chi connectivity index (χ2v) is 4.77. The van der Waals surface area contributed by atoms with Gasteiger partial charge in [0.2, 0.25) is 17.7 Å². The maximum Gasteiger partial charge on any atom is 0.245 e. The van der Waals surface area contributed by atoms with E-state index in [1.54, 1.807) is 9.80 Å². The van der Waals surface area contributed by atoms with Crippen molar-refractivity contribution in [1.29, 1.82) is 0 Å². The quantitative estimate of drug-likeness (QED) is 0.668. The normalized spacial score (nSPS) is 24.1. The summed E-state index contributed by atoms with van der Waals surface area (Å²) in [6.45, 7) is 2.04. The Morgan fingerprint density at radius 2 is 1.83 bits per heavy atom. The van der Waals surface area contributed by atoms with E-state index in [2.05, 4.69) is 5.32 Å². The Morgan fingerprint density at radius 1 is 1.22 bits per heavy atom. The van der Waals surface area contributed by atoms with Gasteiger partial charge >= 0.3 is 0 Å². The summed E-state index contributed by atoms with van der Waals surface area (Å²) in [6.07, 6.45) is 0.986. The molecule has 0 aliphatic carbocycles. The third-order valence-electron chi connectivity index (χ3n) is 3.35. The van der Waals surface area contributed by atoms with Gasteiger partial charge in [-0.2, -0.15) is 0 Å². The highest BCUT2D eigenvalue weighted by Crippen LogP contribution is 2.12. The standard InChI is InChI=1S/C11H16ClN3O3/c12-7-10(17)14-3-5-15(6-4-14)11(18)8-1-2-9(16)13-8/h8H,1-7H2,(H,13,16). The van der Waals surface area contributed by atoms with E-state index in [4.69, 9.17) is 11.6 Å². The minimum atomic E-state index is -0.382. The zero-order valence-corrected chi connectivity index (χ0v) is 10.8. The van der Waals surface area contributed by atoms with Crippen molar-refractivity contribution in [1.82, 2.24) is 15.1 Å². The van der Waals surface area contributed by atoms with Crippen LogP contribution in [0.2, 0.25) is 0 Å². The fraction of sp³-hybridized carbons (Fsp3) is 0.727. The number of nitrogens with one attached hydrogen (secondary N) is 1. The van der Waals surface area contributed by atoms with Crippen LogP contribution in [0.25, 0.3) is 0 Å². The van der Waals surface area contributed by atoms with Gasteiger partial charge < -0.3 is 15.1 Å². The minimum Gasteiger partial charge on any atom is -0.344 e. The third kappa shape index (κ3) is 2.75. The topological polar surface area (TPSA) is 69.7 Å². The summed E-state index contributed by atoms with van der Waals surface area (Å²) in [5.74, 6) is -0.229. The molecule has 18 heavy (non-hydrogen) atoms. The lowest BCUT2D eigenvalue weighted by atomic mass is 10.2. The van der Waals surface area contributed by atoms with Crippen molar-refractivity contribution in [2.45, 2.75) is 18.9 Å². The van der Waals surface area contributed by atoms with Crippen LogP contribution in [-0.2, 0) is 14.4 Å². The van der Waals surface area contributed by atoms with E-state index in [0.29, 0.717) is 39.0 Å². The summed E-state index contributed by atoms with van der Waals surface area (Å²) in [7, 11) is 0. The van der Waals surface area contributed by atoms with Crippen molar-refractivity contribution >= 4 is 29.3 Å². The molecule has 100 valence electrons. The molecule has 2 fully saturated rings. The Balaban J connectivity index is 1.84. The number of alkyl halides is 1. The molecule has 2 heterocycles. The van der Waals surface area contributed by atoms with Crippen molar-refractivity contribution in [3.8, 4) is 0 Å². The van der Waals surface area contributed by atoms with Gasteiger partial charge in [-0.05, 0) is 6.42 Å². The molecule has 3 amide bonds. The van der Waals surface area contributed by atoms with Gasteiger partial charge in [0.1, 0.15) is 11.9 Å². The Kier molecular flexibility index (Phi) is 4.06. The van der Waals surface area contributed by atoms with Crippen LogP contribution in [0.5, 0.6) is 0 Å². The Labute approximate surface area is 110 Å². The molecule has 6 nitrogen and oxygen atoms in total. The van der Waals surface area contributed by atoms with Crippen LogP contribution >= 0.6 is 11.6 Å². The van der Waals surface area contributed by atoms with E-state index in [0.717, 1.165) is 0 Å². The van der Waals surface area contributed by atoms with Gasteiger partial charge in [0.15, 0.2) is 0 Å². The number of carbonyl (C=O) groups is 3. The number of rotatable bonds is 2. The maximum atomic E-state index is 12.1. The van der Waals surface area contributed by atoms with Crippen LogP contribution in [-0.4, -0.2) is 65.6 Å². The predicted octanol–water partition coefficient (Wildman–Crippen LogP) is -0.825. The molecule has 0 aromatic carbocycles. The van der Waals surface area contributed by atoms with Gasteiger partial charge in [-0.3, -0.25) is 14.4 Å². The molecule has 7 heteroatoms. The van der Waals surface area contributed by atoms with Crippen LogP contribution in [0.15, 0.2) is 0 Å². The first kappa shape index (κ1) is 13.1. The molecule has 0 aromatic heterocycles. The molecule has 0 bridgehead atoms. The number of nitrogens with zero attached hydrogens (tertiary/aromatic N) is 2. The van der Waals surface area contributed by atoms with Gasteiger partial charge in [-0.15, -0.1) is 11.6 Å². The van der Waals surface area contributed by atoms with Crippen LogP contribution in [0.3, 0.4) is 0 Å². The van der Waals surface area contributed by atoms with E-state index in [-0.39, 0.29) is 29.6 Å². The zero-order chi connectivity index (χ0) is 13.1. The number of carbonyl (C=O) groups excluding carboxylic acids is 3. The van der Waals surface area contributed by atoms with E-state index >= 15 is 0 Å². The first-order valence-corrected chi connectivity index (χ1v) is 6.57. The number of hydrogen-bond acceptors (Lipinski definition) is 3. The summed E-state index contributed by atoms with van der Waals surface area (Å²) in [4.78, 5) is 37.9. The fourth-order valence-electron chi connectivity index (χ4n) is 2.28. The first-order valence-electron chi connectivity index (χ1n) is 6.03. The number of piperazine rings is 1. The van der Waals surface area contributed by atoms with Crippen LogP contribution < -0.4 is 5.32 Å². The first-order chi connectivity index (χ1) is 8.61. The number of amides is 3. The number of halogens is 1. The van der Waals surface area contributed by atoms with Gasteiger partial charge in [-0.25, -0.2) is 0 Å². The average Bonchev–Trinajstić information content (AvgIpc) is 2.84. The second-order valence-electron chi connectivity index (χ2n) is 4.50. The molecular weight excluding hydrogens is 258 g/mol. The van der Waals surface area contributed by atoms with Crippen LogP contribution in [0, 0.1) is 0 Å². The summed E-state index contributed by atoms with van der Waals surface area (Å²) >= 11 is 5.48. The lowest BCUT2D eigenvalue weighted by Crippen LogP contribution is -2.54.